The van der Waals surface area contributed by atoms with Crippen molar-refractivity contribution in [1.29, 1.82) is 0 Å². The predicted molar refractivity (Wildman–Crippen MR) is 95.3 cm³/mol. The molecule has 1 aromatic carbocycles. The topological polar surface area (TPSA) is 70.2 Å². The van der Waals surface area contributed by atoms with E-state index in [0.29, 0.717) is 16.6 Å². The number of rotatable bonds is 2. The Hall–Kier alpha value is -2.06. The third kappa shape index (κ3) is 2.55. The van der Waals surface area contributed by atoms with Crippen molar-refractivity contribution in [3.05, 3.63) is 57.4 Å². The number of benzene rings is 1. The SMILES string of the molecule is CCSC1=NN2C(=c3cc(Br)ccc3=N[C@H]2c2ccco2)C(=O)N1. The maximum atomic E-state index is 12.7. The molecule has 2 aliphatic rings. The molecule has 8 heteroatoms. The molecule has 2 aliphatic heterocycles. The van der Waals surface area contributed by atoms with Crippen LogP contribution in [-0.4, -0.2) is 21.8 Å². The summed E-state index contributed by atoms with van der Waals surface area (Å²) in [6, 6.07) is 9.31. The van der Waals surface area contributed by atoms with E-state index < -0.39 is 6.17 Å². The van der Waals surface area contributed by atoms with E-state index >= 15 is 0 Å². The largest absolute Gasteiger partial charge is 0.465 e. The molecule has 2 aromatic rings. The molecular weight excluding hydrogens is 392 g/mol. The first-order valence-electron chi connectivity index (χ1n) is 7.40. The van der Waals surface area contributed by atoms with E-state index in [2.05, 4.69) is 26.3 Å². The van der Waals surface area contributed by atoms with E-state index in [4.69, 9.17) is 9.41 Å². The fourth-order valence-electron chi connectivity index (χ4n) is 2.68. The lowest BCUT2D eigenvalue weighted by molar-refractivity contribution is -0.116. The Labute approximate surface area is 150 Å². The van der Waals surface area contributed by atoms with Crippen LogP contribution in [0.2, 0.25) is 0 Å². The summed E-state index contributed by atoms with van der Waals surface area (Å²) in [5.41, 5.74) is 0.475. The van der Waals surface area contributed by atoms with Gasteiger partial charge in [0, 0.05) is 9.69 Å². The van der Waals surface area contributed by atoms with Crippen LogP contribution in [0.15, 0.2) is 55.6 Å². The maximum absolute atomic E-state index is 12.7. The third-order valence-corrected chi connectivity index (χ3v) is 4.89. The summed E-state index contributed by atoms with van der Waals surface area (Å²) in [6.07, 6.45) is 1.10. The van der Waals surface area contributed by atoms with Crippen LogP contribution >= 0.6 is 27.7 Å². The van der Waals surface area contributed by atoms with Gasteiger partial charge in [-0.25, -0.2) is 10.0 Å². The Balaban J connectivity index is 1.98. The number of carbonyl (C=O) groups excluding carboxylic acids is 1. The number of nitrogens with one attached hydrogen (secondary N) is 1. The van der Waals surface area contributed by atoms with Crippen LogP contribution in [0, 0.1) is 0 Å². The number of hydrogen-bond acceptors (Lipinski definition) is 6. The second-order valence-corrected chi connectivity index (χ2v) is 7.33. The number of fused-ring (bicyclic) bond motifs is 2. The molecule has 24 heavy (non-hydrogen) atoms. The summed E-state index contributed by atoms with van der Waals surface area (Å²) >= 11 is 4.93. The van der Waals surface area contributed by atoms with Crippen molar-refractivity contribution in [3.8, 4) is 0 Å². The number of amides is 1. The number of carbonyl (C=O) groups is 1. The lowest BCUT2D eigenvalue weighted by Crippen LogP contribution is -2.50. The first kappa shape index (κ1) is 15.5. The first-order valence-corrected chi connectivity index (χ1v) is 9.18. The van der Waals surface area contributed by atoms with E-state index in [0.717, 1.165) is 20.8 Å². The van der Waals surface area contributed by atoms with Crippen LogP contribution < -0.4 is 15.9 Å². The van der Waals surface area contributed by atoms with Gasteiger partial charge in [-0.2, -0.15) is 0 Å². The molecule has 1 aromatic heterocycles. The molecule has 0 bridgehead atoms. The van der Waals surface area contributed by atoms with Gasteiger partial charge in [-0.05, 0) is 36.1 Å². The van der Waals surface area contributed by atoms with Crippen molar-refractivity contribution in [1.82, 2.24) is 10.3 Å². The predicted octanol–water partition coefficient (Wildman–Crippen LogP) is 1.94. The normalized spacial score (nSPS) is 19.2. The lowest BCUT2D eigenvalue weighted by Gasteiger charge is -2.32. The summed E-state index contributed by atoms with van der Waals surface area (Å²) in [4.78, 5) is 17.5. The zero-order chi connectivity index (χ0) is 16.7. The molecule has 0 saturated heterocycles. The number of hydrazone groups is 1. The number of nitrogens with zero attached hydrogens (tertiary/aromatic N) is 3. The number of furan rings is 1. The molecule has 6 nitrogen and oxygen atoms in total. The minimum Gasteiger partial charge on any atom is -0.465 e. The zero-order valence-electron chi connectivity index (χ0n) is 12.7. The lowest BCUT2D eigenvalue weighted by atomic mass is 10.1. The van der Waals surface area contributed by atoms with Crippen molar-refractivity contribution in [3.63, 3.8) is 0 Å². The maximum Gasteiger partial charge on any atom is 0.276 e. The minimum atomic E-state index is -0.498. The number of halogens is 1. The van der Waals surface area contributed by atoms with E-state index in [1.165, 1.54) is 11.8 Å². The van der Waals surface area contributed by atoms with Gasteiger partial charge in [-0.1, -0.05) is 34.6 Å². The molecule has 0 radical (unpaired) electrons. The highest BCUT2D eigenvalue weighted by molar-refractivity contribution is 9.10. The molecule has 0 saturated carbocycles. The zero-order valence-corrected chi connectivity index (χ0v) is 15.1. The summed E-state index contributed by atoms with van der Waals surface area (Å²) in [6.45, 7) is 2.01. The van der Waals surface area contributed by atoms with Crippen molar-refractivity contribution in [2.75, 3.05) is 5.75 Å². The van der Waals surface area contributed by atoms with Crippen molar-refractivity contribution in [2.45, 2.75) is 13.1 Å². The van der Waals surface area contributed by atoms with Gasteiger partial charge in [0.15, 0.2) is 5.17 Å². The van der Waals surface area contributed by atoms with Gasteiger partial charge < -0.3 is 4.42 Å². The number of amidine groups is 1. The molecule has 0 unspecified atom stereocenters. The van der Waals surface area contributed by atoms with E-state index in [1.807, 2.05) is 31.2 Å². The summed E-state index contributed by atoms with van der Waals surface area (Å²) < 4.78 is 6.41. The fraction of sp³-hybridized carbons (Fsp3) is 0.188. The van der Waals surface area contributed by atoms with Gasteiger partial charge in [0.25, 0.3) is 5.91 Å². The molecule has 1 N–H and O–H groups in total. The Bertz CT molecular complexity index is 955. The molecule has 4 rings (SSSR count). The van der Waals surface area contributed by atoms with Gasteiger partial charge in [0.1, 0.15) is 11.5 Å². The van der Waals surface area contributed by atoms with Gasteiger partial charge in [0.05, 0.1) is 11.6 Å². The third-order valence-electron chi connectivity index (χ3n) is 3.65. The Morgan fingerprint density at radius 1 is 1.42 bits per heavy atom. The Morgan fingerprint density at radius 3 is 3.04 bits per heavy atom. The number of hydrogen-bond donors (Lipinski definition) is 1. The molecule has 1 amide bonds. The van der Waals surface area contributed by atoms with Crippen LogP contribution in [0.5, 0.6) is 0 Å². The Kier molecular flexibility index (Phi) is 3.93. The van der Waals surface area contributed by atoms with Crippen LogP contribution in [0.1, 0.15) is 18.8 Å². The van der Waals surface area contributed by atoms with Crippen molar-refractivity contribution in [2.24, 2.45) is 10.1 Å². The van der Waals surface area contributed by atoms with Gasteiger partial charge in [0.2, 0.25) is 6.17 Å². The highest BCUT2D eigenvalue weighted by Gasteiger charge is 2.35. The quantitative estimate of drug-likeness (QED) is 0.829. The van der Waals surface area contributed by atoms with Crippen LogP contribution in [0.3, 0.4) is 0 Å². The first-order chi connectivity index (χ1) is 11.7. The van der Waals surface area contributed by atoms with E-state index in [-0.39, 0.29) is 5.91 Å². The van der Waals surface area contributed by atoms with Crippen LogP contribution in [0.4, 0.5) is 0 Å². The molecule has 0 aliphatic carbocycles. The molecule has 0 fully saturated rings. The minimum absolute atomic E-state index is 0.188. The molecule has 3 heterocycles. The monoisotopic (exact) mass is 404 g/mol. The molecular formula is C16H13BrN4O2S. The van der Waals surface area contributed by atoms with E-state index in [1.54, 1.807) is 17.3 Å². The molecule has 0 spiro atoms. The smallest absolute Gasteiger partial charge is 0.276 e. The second kappa shape index (κ2) is 6.10. The summed E-state index contributed by atoms with van der Waals surface area (Å²) in [5.74, 6) is 1.26. The summed E-state index contributed by atoms with van der Waals surface area (Å²) in [5, 5.41) is 11.1. The average Bonchev–Trinajstić information content (AvgIpc) is 3.08. The molecule has 1 atom stereocenters. The van der Waals surface area contributed by atoms with Gasteiger partial charge in [-0.15, -0.1) is 5.10 Å². The van der Waals surface area contributed by atoms with Gasteiger partial charge >= 0.3 is 0 Å². The van der Waals surface area contributed by atoms with Crippen molar-refractivity contribution >= 4 is 44.5 Å². The highest BCUT2D eigenvalue weighted by atomic mass is 79.9. The Morgan fingerprint density at radius 2 is 2.29 bits per heavy atom. The number of thioether (sulfide) groups is 1. The molecule has 122 valence electrons. The second-order valence-electron chi connectivity index (χ2n) is 5.17. The fourth-order valence-corrected chi connectivity index (χ4v) is 3.62. The van der Waals surface area contributed by atoms with Crippen LogP contribution in [-0.2, 0) is 4.79 Å². The highest BCUT2D eigenvalue weighted by Crippen LogP contribution is 2.30. The average molecular weight is 405 g/mol. The van der Waals surface area contributed by atoms with Crippen LogP contribution in [0.25, 0.3) is 5.70 Å². The van der Waals surface area contributed by atoms with E-state index in [9.17, 15) is 4.79 Å². The van der Waals surface area contributed by atoms with Crippen molar-refractivity contribution < 1.29 is 9.21 Å². The summed E-state index contributed by atoms with van der Waals surface area (Å²) in [7, 11) is 0. The van der Waals surface area contributed by atoms with Gasteiger partial charge in [-0.3, -0.25) is 10.1 Å². The standard InChI is InChI=1S/C16H13BrN4O2S/c1-2-24-16-19-15(22)13-10-8-9(17)5-6-11(10)18-14(21(13)20-16)12-4-3-7-23-12/h3-8,14H,2H2,1H3,(H,19,20,22)/t14-/m1/s1.